The maximum atomic E-state index is 13.1. The van der Waals surface area contributed by atoms with Crippen molar-refractivity contribution in [3.8, 4) is 16.8 Å². The van der Waals surface area contributed by atoms with Gasteiger partial charge in [0.25, 0.3) is 5.56 Å². The van der Waals surface area contributed by atoms with Gasteiger partial charge in [0.2, 0.25) is 0 Å². The average Bonchev–Trinajstić information content (AvgIpc) is 3.14. The summed E-state index contributed by atoms with van der Waals surface area (Å²) in [6, 6.07) is 18.9. The Morgan fingerprint density at radius 2 is 1.83 bits per heavy atom. The zero-order chi connectivity index (χ0) is 20.0. The van der Waals surface area contributed by atoms with Gasteiger partial charge in [-0.3, -0.25) is 9.36 Å². The van der Waals surface area contributed by atoms with Gasteiger partial charge in [0, 0.05) is 11.2 Å². The van der Waals surface area contributed by atoms with Crippen LogP contribution >= 0.6 is 11.6 Å². The molecule has 0 amide bonds. The molecule has 0 aliphatic heterocycles. The molecule has 3 aromatic heterocycles. The number of hydrogen-bond donors (Lipinski definition) is 0. The molecule has 0 spiro atoms. The first-order chi connectivity index (χ1) is 14.2. The first kappa shape index (κ1) is 17.6. The number of pyridine rings is 1. The Balaban J connectivity index is 1.80. The van der Waals surface area contributed by atoms with Crippen LogP contribution < -0.4 is 5.56 Å². The second kappa shape index (κ2) is 6.83. The number of benzene rings is 2. The molecular weight excluding hydrogens is 386 g/mol. The van der Waals surface area contributed by atoms with Gasteiger partial charge in [-0.2, -0.15) is 5.10 Å². The van der Waals surface area contributed by atoms with Crippen molar-refractivity contribution in [2.24, 2.45) is 0 Å². The summed E-state index contributed by atoms with van der Waals surface area (Å²) in [5, 5.41) is 13.9. The second-order valence-corrected chi connectivity index (χ2v) is 7.12. The van der Waals surface area contributed by atoms with E-state index in [4.69, 9.17) is 16.7 Å². The highest BCUT2D eigenvalue weighted by Crippen LogP contribution is 2.28. The largest absolute Gasteiger partial charge is 0.285 e. The lowest BCUT2D eigenvalue weighted by Crippen LogP contribution is -2.20. The highest BCUT2D eigenvalue weighted by Gasteiger charge is 2.18. The van der Waals surface area contributed by atoms with Gasteiger partial charge in [-0.05, 0) is 36.2 Å². The second-order valence-electron chi connectivity index (χ2n) is 6.68. The molecule has 5 rings (SSSR count). The molecule has 5 aromatic rings. The minimum Gasteiger partial charge on any atom is -0.282 e. The molecule has 0 aliphatic carbocycles. The Bertz CT molecular complexity index is 1420. The first-order valence-electron chi connectivity index (χ1n) is 9.28. The lowest BCUT2D eigenvalue weighted by Gasteiger charge is -2.07. The van der Waals surface area contributed by atoms with Gasteiger partial charge in [0.05, 0.1) is 16.9 Å². The van der Waals surface area contributed by atoms with E-state index in [0.717, 1.165) is 23.2 Å². The van der Waals surface area contributed by atoms with Crippen LogP contribution in [0, 0.1) is 0 Å². The van der Waals surface area contributed by atoms with Crippen LogP contribution in [0.4, 0.5) is 0 Å². The number of halogens is 1. The van der Waals surface area contributed by atoms with Gasteiger partial charge in [-0.25, -0.2) is 4.52 Å². The molecule has 0 saturated carbocycles. The lowest BCUT2D eigenvalue weighted by atomic mass is 10.0. The molecule has 0 unspecified atom stereocenters. The fourth-order valence-electron chi connectivity index (χ4n) is 3.57. The van der Waals surface area contributed by atoms with Crippen molar-refractivity contribution in [2.45, 2.75) is 13.3 Å². The number of fused-ring (bicyclic) bond motifs is 3. The van der Waals surface area contributed by atoms with Crippen LogP contribution in [0.2, 0.25) is 5.02 Å². The van der Waals surface area contributed by atoms with E-state index in [1.54, 1.807) is 28.9 Å². The Morgan fingerprint density at radius 1 is 1.00 bits per heavy atom. The molecule has 0 aliphatic rings. The van der Waals surface area contributed by atoms with Gasteiger partial charge in [-0.15, -0.1) is 10.2 Å². The number of rotatable bonds is 3. The molecule has 0 N–H and O–H groups in total. The molecule has 2 aromatic carbocycles. The van der Waals surface area contributed by atoms with E-state index >= 15 is 0 Å². The van der Waals surface area contributed by atoms with Crippen molar-refractivity contribution in [2.75, 3.05) is 0 Å². The minimum absolute atomic E-state index is 0.254. The van der Waals surface area contributed by atoms with Crippen molar-refractivity contribution >= 4 is 28.3 Å². The third kappa shape index (κ3) is 2.80. The standard InChI is InChI=1S/C22H16ClN5O/c1-2-17-19(14-7-4-3-5-8-14)21-25-24-20-18(28(21)26-17)11-12-27(22(20)29)16-10-6-9-15(23)13-16/h3-13H,2H2,1H3. The summed E-state index contributed by atoms with van der Waals surface area (Å²) in [4.78, 5) is 13.1. The number of aromatic nitrogens is 5. The maximum Gasteiger partial charge on any atom is 0.285 e. The molecule has 0 saturated heterocycles. The lowest BCUT2D eigenvalue weighted by molar-refractivity contribution is 0.886. The van der Waals surface area contributed by atoms with Gasteiger partial charge in [-0.1, -0.05) is 54.9 Å². The summed E-state index contributed by atoms with van der Waals surface area (Å²) in [6.45, 7) is 2.05. The summed E-state index contributed by atoms with van der Waals surface area (Å²) in [5.41, 5.74) is 4.80. The summed E-state index contributed by atoms with van der Waals surface area (Å²) >= 11 is 6.08. The summed E-state index contributed by atoms with van der Waals surface area (Å²) in [6.07, 6.45) is 2.46. The van der Waals surface area contributed by atoms with E-state index in [9.17, 15) is 4.79 Å². The highest BCUT2D eigenvalue weighted by molar-refractivity contribution is 6.30. The molecule has 0 atom stereocenters. The van der Waals surface area contributed by atoms with E-state index in [-0.39, 0.29) is 11.1 Å². The zero-order valence-electron chi connectivity index (χ0n) is 15.6. The van der Waals surface area contributed by atoms with Gasteiger partial charge in [0.15, 0.2) is 11.2 Å². The van der Waals surface area contributed by atoms with E-state index in [2.05, 4.69) is 17.1 Å². The van der Waals surface area contributed by atoms with E-state index < -0.39 is 0 Å². The SMILES string of the molecule is CCc1nn2c(nnc3c(=O)n(-c4cccc(Cl)c4)ccc32)c1-c1ccccc1. The third-order valence-corrected chi connectivity index (χ3v) is 5.17. The van der Waals surface area contributed by atoms with Crippen molar-refractivity contribution in [1.29, 1.82) is 0 Å². The summed E-state index contributed by atoms with van der Waals surface area (Å²) in [7, 11) is 0. The predicted octanol–water partition coefficient (Wildman–Crippen LogP) is 4.31. The molecule has 0 bridgehead atoms. The van der Waals surface area contributed by atoms with Crippen molar-refractivity contribution < 1.29 is 0 Å². The number of nitrogens with zero attached hydrogens (tertiary/aromatic N) is 5. The topological polar surface area (TPSA) is 65.1 Å². The smallest absolute Gasteiger partial charge is 0.282 e. The Hall–Kier alpha value is -3.51. The molecule has 7 heteroatoms. The first-order valence-corrected chi connectivity index (χ1v) is 9.66. The number of aryl methyl sites for hydroxylation is 1. The molecule has 142 valence electrons. The van der Waals surface area contributed by atoms with E-state index in [1.807, 2.05) is 42.5 Å². The van der Waals surface area contributed by atoms with Crippen LogP contribution in [0.15, 0.2) is 71.7 Å². The van der Waals surface area contributed by atoms with Gasteiger partial charge >= 0.3 is 0 Å². The summed E-state index contributed by atoms with van der Waals surface area (Å²) < 4.78 is 3.23. The monoisotopic (exact) mass is 401 g/mol. The van der Waals surface area contributed by atoms with E-state index in [1.165, 1.54) is 4.57 Å². The van der Waals surface area contributed by atoms with Crippen LogP contribution in [0.3, 0.4) is 0 Å². The van der Waals surface area contributed by atoms with Crippen LogP contribution in [0.25, 0.3) is 33.5 Å². The molecular formula is C22H16ClN5O. The normalized spacial score (nSPS) is 11.4. The van der Waals surface area contributed by atoms with Crippen LogP contribution in [0.5, 0.6) is 0 Å². The van der Waals surface area contributed by atoms with Crippen molar-refractivity contribution in [3.05, 3.63) is 87.9 Å². The highest BCUT2D eigenvalue weighted by atomic mass is 35.5. The Kier molecular flexibility index (Phi) is 4.14. The third-order valence-electron chi connectivity index (χ3n) is 4.94. The fraction of sp³-hybridized carbons (Fsp3) is 0.0909. The molecule has 0 radical (unpaired) electrons. The average molecular weight is 402 g/mol. The van der Waals surface area contributed by atoms with Crippen LogP contribution in [-0.2, 0) is 6.42 Å². The van der Waals surface area contributed by atoms with Gasteiger partial charge < -0.3 is 0 Å². The quantitative estimate of drug-likeness (QED) is 0.452. The predicted molar refractivity (Wildman–Crippen MR) is 114 cm³/mol. The zero-order valence-corrected chi connectivity index (χ0v) is 16.3. The minimum atomic E-state index is -0.269. The Morgan fingerprint density at radius 3 is 2.59 bits per heavy atom. The van der Waals surface area contributed by atoms with Crippen molar-refractivity contribution in [1.82, 2.24) is 24.4 Å². The molecule has 3 heterocycles. The number of hydrogen-bond acceptors (Lipinski definition) is 4. The summed E-state index contributed by atoms with van der Waals surface area (Å²) in [5.74, 6) is 0. The maximum absolute atomic E-state index is 13.1. The van der Waals surface area contributed by atoms with Crippen LogP contribution in [-0.4, -0.2) is 24.4 Å². The Labute approximate surface area is 171 Å². The fourth-order valence-corrected chi connectivity index (χ4v) is 3.75. The van der Waals surface area contributed by atoms with Gasteiger partial charge in [0.1, 0.15) is 5.52 Å². The molecule has 29 heavy (non-hydrogen) atoms. The van der Waals surface area contributed by atoms with Crippen molar-refractivity contribution in [3.63, 3.8) is 0 Å². The molecule has 6 nitrogen and oxygen atoms in total. The van der Waals surface area contributed by atoms with Crippen LogP contribution in [0.1, 0.15) is 12.6 Å². The molecule has 0 fully saturated rings. The van der Waals surface area contributed by atoms with E-state index in [0.29, 0.717) is 21.9 Å².